The molecule has 1 aromatic carbocycles. The number of benzene rings is 1. The molecule has 1 aromatic rings. The summed E-state index contributed by atoms with van der Waals surface area (Å²) in [6.45, 7) is 0. The van der Waals surface area contributed by atoms with E-state index in [1.807, 2.05) is 25.1 Å². The lowest BCUT2D eigenvalue weighted by atomic mass is 10.0. The summed E-state index contributed by atoms with van der Waals surface area (Å²) in [4.78, 5) is 13.3. The maximum absolute atomic E-state index is 11.4. The molecule has 0 aliphatic rings. The van der Waals surface area contributed by atoms with Crippen LogP contribution in [-0.2, 0) is 9.53 Å². The number of methoxy groups -OCH3 is 1. The second-order valence-corrected chi connectivity index (χ2v) is 3.91. The van der Waals surface area contributed by atoms with Crippen LogP contribution in [0.4, 0.5) is 5.69 Å². The molecular formula is C14H13N3O2. The maximum atomic E-state index is 11.4. The predicted octanol–water partition coefficient (Wildman–Crippen LogP) is 1.73. The van der Waals surface area contributed by atoms with E-state index in [0.29, 0.717) is 5.56 Å². The highest BCUT2D eigenvalue weighted by atomic mass is 16.5. The fraction of sp³-hybridized carbons (Fsp3) is 0.214. The van der Waals surface area contributed by atoms with Crippen molar-refractivity contribution in [2.45, 2.75) is 0 Å². The molecular weight excluding hydrogens is 242 g/mol. The zero-order valence-corrected chi connectivity index (χ0v) is 11.0. The van der Waals surface area contributed by atoms with Crippen LogP contribution in [0.2, 0.25) is 0 Å². The number of hydrogen-bond acceptors (Lipinski definition) is 5. The van der Waals surface area contributed by atoms with Gasteiger partial charge in [0.05, 0.1) is 12.7 Å². The molecule has 5 nitrogen and oxygen atoms in total. The van der Waals surface area contributed by atoms with Gasteiger partial charge in [0.2, 0.25) is 0 Å². The predicted molar refractivity (Wildman–Crippen MR) is 70.9 cm³/mol. The molecule has 0 heterocycles. The van der Waals surface area contributed by atoms with Crippen LogP contribution in [0.3, 0.4) is 0 Å². The number of anilines is 1. The molecule has 19 heavy (non-hydrogen) atoms. The number of esters is 1. The number of ether oxygens (including phenoxy) is 1. The van der Waals surface area contributed by atoms with Crippen LogP contribution in [0.5, 0.6) is 0 Å². The van der Waals surface area contributed by atoms with Crippen molar-refractivity contribution in [3.8, 4) is 12.1 Å². The fourth-order valence-corrected chi connectivity index (χ4v) is 1.50. The number of carbonyl (C=O) groups is 1. The third kappa shape index (κ3) is 3.11. The number of carbonyl (C=O) groups excluding carboxylic acids is 1. The Morgan fingerprint density at radius 1 is 1.16 bits per heavy atom. The smallest absolute Gasteiger partial charge is 0.350 e. The van der Waals surface area contributed by atoms with E-state index in [0.717, 1.165) is 5.69 Å². The number of nitrogens with zero attached hydrogens (tertiary/aromatic N) is 3. The summed E-state index contributed by atoms with van der Waals surface area (Å²) in [5, 5.41) is 18.1. The van der Waals surface area contributed by atoms with Crippen LogP contribution in [-0.4, -0.2) is 27.2 Å². The lowest BCUT2D eigenvalue weighted by Gasteiger charge is -2.12. The zero-order valence-electron chi connectivity index (χ0n) is 11.0. The third-order valence-corrected chi connectivity index (χ3v) is 2.54. The lowest BCUT2D eigenvalue weighted by molar-refractivity contribution is -0.135. The second kappa shape index (κ2) is 6.23. The van der Waals surface area contributed by atoms with Crippen molar-refractivity contribution < 1.29 is 9.53 Å². The molecule has 0 aliphatic heterocycles. The third-order valence-electron chi connectivity index (χ3n) is 2.54. The Kier molecular flexibility index (Phi) is 4.68. The van der Waals surface area contributed by atoms with E-state index in [4.69, 9.17) is 10.5 Å². The van der Waals surface area contributed by atoms with Crippen LogP contribution in [0.25, 0.3) is 5.57 Å². The van der Waals surface area contributed by atoms with E-state index in [9.17, 15) is 4.79 Å². The number of nitriles is 2. The fourth-order valence-electron chi connectivity index (χ4n) is 1.50. The molecule has 0 unspecified atom stereocenters. The Morgan fingerprint density at radius 3 is 2.11 bits per heavy atom. The second-order valence-electron chi connectivity index (χ2n) is 3.91. The quantitative estimate of drug-likeness (QED) is 0.467. The van der Waals surface area contributed by atoms with Gasteiger partial charge in [0.25, 0.3) is 0 Å². The summed E-state index contributed by atoms with van der Waals surface area (Å²) >= 11 is 0. The Morgan fingerprint density at radius 2 is 1.74 bits per heavy atom. The first-order valence-electron chi connectivity index (χ1n) is 5.45. The minimum Gasteiger partial charge on any atom is -0.465 e. The van der Waals surface area contributed by atoms with Crippen molar-refractivity contribution in [3.63, 3.8) is 0 Å². The van der Waals surface area contributed by atoms with Gasteiger partial charge in [-0.3, -0.25) is 0 Å². The van der Waals surface area contributed by atoms with Crippen LogP contribution < -0.4 is 4.90 Å². The molecule has 0 spiro atoms. The Balaban J connectivity index is 3.32. The zero-order chi connectivity index (χ0) is 14.4. The Hall–Kier alpha value is -2.79. The number of hydrogen-bond donors (Lipinski definition) is 0. The molecule has 0 N–H and O–H groups in total. The summed E-state index contributed by atoms with van der Waals surface area (Å²) in [5.74, 6) is -0.810. The van der Waals surface area contributed by atoms with Crippen molar-refractivity contribution in [2.24, 2.45) is 0 Å². The largest absolute Gasteiger partial charge is 0.465 e. The van der Waals surface area contributed by atoms with Gasteiger partial charge in [0.15, 0.2) is 5.57 Å². The van der Waals surface area contributed by atoms with E-state index in [1.54, 1.807) is 30.3 Å². The SMILES string of the molecule is COC(=O)/C(C#N)=C(\C#N)c1ccc(N(C)C)cc1. The van der Waals surface area contributed by atoms with Gasteiger partial charge in [0.1, 0.15) is 12.1 Å². The minimum absolute atomic E-state index is 0.0136. The van der Waals surface area contributed by atoms with Gasteiger partial charge in [-0.15, -0.1) is 0 Å². The average Bonchev–Trinajstić information content (AvgIpc) is 2.44. The molecule has 0 bridgehead atoms. The normalized spacial score (nSPS) is 10.8. The highest BCUT2D eigenvalue weighted by Gasteiger charge is 2.17. The Labute approximate surface area is 111 Å². The van der Waals surface area contributed by atoms with Gasteiger partial charge < -0.3 is 9.64 Å². The molecule has 0 saturated carbocycles. The standard InChI is InChI=1S/C14H13N3O2/c1-17(2)11-6-4-10(5-7-11)12(8-15)13(9-16)14(18)19-3/h4-7H,1-3H3/b13-12+. The van der Waals surface area contributed by atoms with E-state index in [1.165, 1.54) is 7.11 Å². The van der Waals surface area contributed by atoms with Crippen LogP contribution >= 0.6 is 0 Å². The summed E-state index contributed by atoms with van der Waals surface area (Å²) < 4.78 is 4.49. The van der Waals surface area contributed by atoms with Gasteiger partial charge in [-0.1, -0.05) is 12.1 Å². The molecule has 1 rings (SSSR count). The van der Waals surface area contributed by atoms with Crippen molar-refractivity contribution in [1.82, 2.24) is 0 Å². The van der Waals surface area contributed by atoms with E-state index in [-0.39, 0.29) is 11.1 Å². The van der Waals surface area contributed by atoms with Crippen LogP contribution in [0.1, 0.15) is 5.56 Å². The molecule has 96 valence electrons. The summed E-state index contributed by atoms with van der Waals surface area (Å²) in [6.07, 6.45) is 0. The van der Waals surface area contributed by atoms with Gasteiger partial charge in [0, 0.05) is 19.8 Å². The summed E-state index contributed by atoms with van der Waals surface area (Å²) in [5.41, 5.74) is 1.19. The summed E-state index contributed by atoms with van der Waals surface area (Å²) in [7, 11) is 4.96. The van der Waals surface area contributed by atoms with Gasteiger partial charge >= 0.3 is 5.97 Å². The maximum Gasteiger partial charge on any atom is 0.350 e. The first-order chi connectivity index (χ1) is 9.04. The lowest BCUT2D eigenvalue weighted by Crippen LogP contribution is -2.08. The minimum atomic E-state index is -0.810. The Bertz CT molecular complexity index is 587. The molecule has 0 aliphatic carbocycles. The monoisotopic (exact) mass is 255 g/mol. The molecule has 0 amide bonds. The van der Waals surface area contributed by atoms with E-state index in [2.05, 4.69) is 4.74 Å². The van der Waals surface area contributed by atoms with Crippen molar-refractivity contribution >= 4 is 17.2 Å². The molecule has 0 aromatic heterocycles. The number of rotatable bonds is 3. The molecule has 0 saturated heterocycles. The van der Waals surface area contributed by atoms with Gasteiger partial charge in [-0.2, -0.15) is 10.5 Å². The molecule has 0 atom stereocenters. The average molecular weight is 255 g/mol. The molecule has 0 fully saturated rings. The van der Waals surface area contributed by atoms with Gasteiger partial charge in [-0.05, 0) is 17.7 Å². The van der Waals surface area contributed by atoms with Crippen LogP contribution in [0.15, 0.2) is 29.8 Å². The first-order valence-corrected chi connectivity index (χ1v) is 5.45. The first kappa shape index (κ1) is 14.3. The van der Waals surface area contributed by atoms with Crippen molar-refractivity contribution in [2.75, 3.05) is 26.1 Å². The summed E-state index contributed by atoms with van der Waals surface area (Å²) in [6, 6.07) is 10.6. The van der Waals surface area contributed by atoms with E-state index >= 15 is 0 Å². The van der Waals surface area contributed by atoms with Gasteiger partial charge in [-0.25, -0.2) is 4.79 Å². The van der Waals surface area contributed by atoms with Crippen molar-refractivity contribution in [3.05, 3.63) is 35.4 Å². The molecule has 5 heteroatoms. The van der Waals surface area contributed by atoms with Crippen LogP contribution in [0, 0.1) is 22.7 Å². The number of allylic oxidation sites excluding steroid dienone is 1. The highest BCUT2D eigenvalue weighted by Crippen LogP contribution is 2.21. The molecule has 0 radical (unpaired) electrons. The van der Waals surface area contributed by atoms with Crippen molar-refractivity contribution in [1.29, 1.82) is 10.5 Å². The topological polar surface area (TPSA) is 77.1 Å². The van der Waals surface area contributed by atoms with E-state index < -0.39 is 5.97 Å². The highest BCUT2D eigenvalue weighted by molar-refractivity contribution is 6.04.